The van der Waals surface area contributed by atoms with Crippen LogP contribution in [0.2, 0.25) is 0 Å². The average Bonchev–Trinajstić information content (AvgIpc) is 2.13. The molecule has 0 unspecified atom stereocenters. The van der Waals surface area contributed by atoms with Gasteiger partial charge in [0.1, 0.15) is 0 Å². The first-order chi connectivity index (χ1) is 6.35. The Morgan fingerprint density at radius 3 is 2.15 bits per heavy atom. The van der Waals surface area contributed by atoms with Gasteiger partial charge in [-0.1, -0.05) is 0 Å². The zero-order valence-electron chi connectivity index (χ0n) is 8.62. The van der Waals surface area contributed by atoms with Gasteiger partial charge in [-0.05, 0) is 13.8 Å². The van der Waals surface area contributed by atoms with Crippen molar-refractivity contribution in [3.05, 3.63) is 0 Å². The van der Waals surface area contributed by atoms with E-state index in [1.165, 1.54) is 0 Å². The second-order valence-corrected chi connectivity index (χ2v) is 2.53. The Morgan fingerprint density at radius 2 is 1.69 bits per heavy atom. The Bertz CT molecular complexity index is 94.9. The lowest BCUT2D eigenvalue weighted by atomic mass is 10.4. The first-order valence-corrected chi connectivity index (χ1v) is 4.86. The fraction of sp³-hybridized carbons (Fsp3) is 1.00. The molecular weight excluding hydrogens is 170 g/mol. The molecule has 0 aliphatic rings. The Kier molecular flexibility index (Phi) is 9.80. The van der Waals surface area contributed by atoms with Gasteiger partial charge in [0.25, 0.3) is 0 Å². The van der Waals surface area contributed by atoms with E-state index in [9.17, 15) is 0 Å². The van der Waals surface area contributed by atoms with Crippen LogP contribution in [-0.4, -0.2) is 39.3 Å². The first-order valence-electron chi connectivity index (χ1n) is 4.86. The summed E-state index contributed by atoms with van der Waals surface area (Å²) in [6.45, 7) is 7.05. The quantitative estimate of drug-likeness (QED) is 0.431. The highest BCUT2D eigenvalue weighted by Gasteiger charge is 2.06. The fourth-order valence-corrected chi connectivity index (χ4v) is 0.952. The molecule has 0 saturated carbocycles. The third-order valence-corrected chi connectivity index (χ3v) is 1.47. The Hall–Kier alpha value is -0.160. The van der Waals surface area contributed by atoms with Crippen LogP contribution < -0.4 is 5.73 Å². The molecule has 0 aromatic heterocycles. The number of hydrogen-bond donors (Lipinski definition) is 1. The summed E-state index contributed by atoms with van der Waals surface area (Å²) in [6.07, 6.45) is 0.634. The minimum Gasteiger partial charge on any atom is -0.380 e. The normalized spacial score (nSPS) is 11.1. The lowest BCUT2D eigenvalue weighted by Crippen LogP contribution is -2.20. The highest BCUT2D eigenvalue weighted by molar-refractivity contribution is 4.44. The summed E-state index contributed by atoms with van der Waals surface area (Å²) in [5.74, 6) is 0. The van der Waals surface area contributed by atoms with Crippen LogP contribution in [0.4, 0.5) is 0 Å². The minimum absolute atomic E-state index is 0.132. The second-order valence-electron chi connectivity index (χ2n) is 2.53. The molecule has 80 valence electrons. The summed E-state index contributed by atoms with van der Waals surface area (Å²) >= 11 is 0. The molecule has 0 aliphatic heterocycles. The third-order valence-electron chi connectivity index (χ3n) is 1.47. The van der Waals surface area contributed by atoms with Gasteiger partial charge in [0, 0.05) is 26.2 Å². The van der Waals surface area contributed by atoms with Gasteiger partial charge < -0.3 is 19.9 Å². The van der Waals surface area contributed by atoms with E-state index in [1.807, 2.05) is 13.8 Å². The van der Waals surface area contributed by atoms with Crippen molar-refractivity contribution in [3.63, 3.8) is 0 Å². The van der Waals surface area contributed by atoms with Crippen molar-refractivity contribution in [2.75, 3.05) is 33.0 Å². The van der Waals surface area contributed by atoms with E-state index in [0.29, 0.717) is 33.0 Å². The van der Waals surface area contributed by atoms with Crippen molar-refractivity contribution in [3.8, 4) is 0 Å². The van der Waals surface area contributed by atoms with Crippen molar-refractivity contribution in [2.45, 2.75) is 26.6 Å². The summed E-state index contributed by atoms with van der Waals surface area (Å²) in [5, 5.41) is 0. The lowest BCUT2D eigenvalue weighted by molar-refractivity contribution is -0.146. The van der Waals surface area contributed by atoms with Crippen LogP contribution in [0, 0.1) is 0 Å². The van der Waals surface area contributed by atoms with Gasteiger partial charge in [0.2, 0.25) is 0 Å². The molecule has 0 radical (unpaired) electrons. The zero-order valence-corrected chi connectivity index (χ0v) is 8.62. The molecule has 0 amide bonds. The largest absolute Gasteiger partial charge is 0.380 e. The predicted molar refractivity (Wildman–Crippen MR) is 51.5 cm³/mol. The second kappa shape index (κ2) is 9.92. The van der Waals surface area contributed by atoms with Gasteiger partial charge in [-0.3, -0.25) is 0 Å². The molecule has 0 aromatic carbocycles. The molecule has 0 heterocycles. The summed E-state index contributed by atoms with van der Waals surface area (Å²) < 4.78 is 15.9. The molecule has 0 spiro atoms. The Balaban J connectivity index is 3.33. The predicted octanol–water partition coefficient (Wildman–Crippen LogP) is 0.751. The van der Waals surface area contributed by atoms with Gasteiger partial charge in [0.15, 0.2) is 6.29 Å². The average molecular weight is 191 g/mol. The van der Waals surface area contributed by atoms with Crippen LogP contribution in [0.3, 0.4) is 0 Å². The smallest absolute Gasteiger partial charge is 0.159 e. The summed E-state index contributed by atoms with van der Waals surface area (Å²) in [4.78, 5) is 0. The van der Waals surface area contributed by atoms with Gasteiger partial charge in [-0.25, -0.2) is 0 Å². The number of hydrogen-bond acceptors (Lipinski definition) is 4. The maximum absolute atomic E-state index is 5.33. The molecule has 0 aromatic rings. The maximum Gasteiger partial charge on any atom is 0.159 e. The number of rotatable bonds is 9. The Labute approximate surface area is 80.3 Å². The third kappa shape index (κ3) is 8.18. The van der Waals surface area contributed by atoms with E-state index >= 15 is 0 Å². The topological polar surface area (TPSA) is 53.7 Å². The van der Waals surface area contributed by atoms with Crippen LogP contribution in [0.15, 0.2) is 0 Å². The van der Waals surface area contributed by atoms with E-state index in [1.54, 1.807) is 0 Å². The molecule has 0 saturated heterocycles. The summed E-state index contributed by atoms with van der Waals surface area (Å²) in [5.41, 5.74) is 5.28. The molecule has 0 atom stereocenters. The van der Waals surface area contributed by atoms with Crippen molar-refractivity contribution >= 4 is 0 Å². The van der Waals surface area contributed by atoms with Crippen molar-refractivity contribution in [1.29, 1.82) is 0 Å². The van der Waals surface area contributed by atoms with Gasteiger partial charge in [-0.15, -0.1) is 0 Å². The minimum atomic E-state index is -0.132. The monoisotopic (exact) mass is 191 g/mol. The summed E-state index contributed by atoms with van der Waals surface area (Å²) in [7, 11) is 0. The SMILES string of the molecule is CCOC(CCOCCN)OCC. The first kappa shape index (κ1) is 12.8. The molecular formula is C9H21NO3. The Morgan fingerprint density at radius 1 is 1.08 bits per heavy atom. The number of nitrogens with two attached hydrogens (primary N) is 1. The van der Waals surface area contributed by atoms with Crippen LogP contribution in [0.25, 0.3) is 0 Å². The van der Waals surface area contributed by atoms with E-state index in [0.717, 1.165) is 6.42 Å². The van der Waals surface area contributed by atoms with Crippen molar-refractivity contribution in [2.24, 2.45) is 5.73 Å². The highest BCUT2D eigenvalue weighted by Crippen LogP contribution is 2.00. The van der Waals surface area contributed by atoms with E-state index < -0.39 is 0 Å². The standard InChI is InChI=1S/C9H21NO3/c1-3-12-9(13-4-2)5-7-11-8-6-10/h9H,3-8,10H2,1-2H3. The van der Waals surface area contributed by atoms with Crippen LogP contribution in [0.5, 0.6) is 0 Å². The van der Waals surface area contributed by atoms with Crippen LogP contribution in [-0.2, 0) is 14.2 Å². The van der Waals surface area contributed by atoms with E-state index in [2.05, 4.69) is 0 Å². The van der Waals surface area contributed by atoms with Crippen LogP contribution >= 0.6 is 0 Å². The van der Waals surface area contributed by atoms with E-state index in [-0.39, 0.29) is 6.29 Å². The fourth-order valence-electron chi connectivity index (χ4n) is 0.952. The molecule has 0 aliphatic carbocycles. The molecule has 0 rings (SSSR count). The molecule has 4 heteroatoms. The van der Waals surface area contributed by atoms with Crippen molar-refractivity contribution < 1.29 is 14.2 Å². The van der Waals surface area contributed by atoms with Gasteiger partial charge >= 0.3 is 0 Å². The zero-order chi connectivity index (χ0) is 9.94. The van der Waals surface area contributed by atoms with Crippen LogP contribution in [0.1, 0.15) is 20.3 Å². The maximum atomic E-state index is 5.33. The molecule has 13 heavy (non-hydrogen) atoms. The molecule has 2 N–H and O–H groups in total. The molecule has 0 bridgehead atoms. The number of ether oxygens (including phenoxy) is 3. The van der Waals surface area contributed by atoms with Gasteiger partial charge in [-0.2, -0.15) is 0 Å². The van der Waals surface area contributed by atoms with E-state index in [4.69, 9.17) is 19.9 Å². The molecule has 4 nitrogen and oxygen atoms in total. The van der Waals surface area contributed by atoms with Crippen molar-refractivity contribution in [1.82, 2.24) is 0 Å². The summed E-state index contributed by atoms with van der Waals surface area (Å²) in [6, 6.07) is 0. The molecule has 0 fully saturated rings. The van der Waals surface area contributed by atoms with Gasteiger partial charge in [0.05, 0.1) is 13.2 Å². The highest BCUT2D eigenvalue weighted by atomic mass is 16.7. The lowest BCUT2D eigenvalue weighted by Gasteiger charge is -2.16.